The van der Waals surface area contributed by atoms with E-state index in [1.54, 1.807) is 20.8 Å². The first kappa shape index (κ1) is 34.2. The molecular weight excluding hydrogens is 549 g/mol. The van der Waals surface area contributed by atoms with Crippen LogP contribution in [0.5, 0.6) is 0 Å². The van der Waals surface area contributed by atoms with E-state index in [9.17, 15) is 43.7 Å². The summed E-state index contributed by atoms with van der Waals surface area (Å²) in [6.45, 7) is 5.59. The zero-order valence-corrected chi connectivity index (χ0v) is 23.2. The molecule has 0 bridgehead atoms. The number of hydrogen-bond acceptors (Lipinski definition) is 12. The maximum atomic E-state index is 12.4. The lowest BCUT2D eigenvalue weighted by molar-refractivity contribution is -0.245. The highest BCUT2D eigenvalue weighted by molar-refractivity contribution is 7.53. The van der Waals surface area contributed by atoms with Crippen molar-refractivity contribution in [2.75, 3.05) is 38.9 Å². The Balaban J connectivity index is 3.80. The number of ether oxygens (including phenoxy) is 3. The van der Waals surface area contributed by atoms with Crippen LogP contribution in [0.25, 0.3) is 0 Å². The highest BCUT2D eigenvalue weighted by Gasteiger charge is 2.59. The molecule has 1 aliphatic rings. The second kappa shape index (κ2) is 15.7. The number of aliphatic hydroxyl groups excluding tert-OH is 3. The predicted molar refractivity (Wildman–Crippen MR) is 125 cm³/mol. The van der Waals surface area contributed by atoms with E-state index in [2.05, 4.69) is 0 Å². The van der Waals surface area contributed by atoms with Crippen LogP contribution in [0.3, 0.4) is 0 Å². The molecule has 0 aromatic heterocycles. The molecule has 1 aliphatic carbocycles. The molecule has 0 spiro atoms. The summed E-state index contributed by atoms with van der Waals surface area (Å²) in [5.41, 5.74) is 0. The van der Waals surface area contributed by atoms with Crippen LogP contribution in [0.2, 0.25) is 0 Å². The fourth-order valence-electron chi connectivity index (χ4n) is 3.48. The van der Waals surface area contributed by atoms with E-state index in [-0.39, 0.29) is 19.8 Å². The van der Waals surface area contributed by atoms with Gasteiger partial charge in [0.05, 0.1) is 0 Å². The van der Waals surface area contributed by atoms with Gasteiger partial charge in [-0.05, 0) is 19.3 Å². The molecule has 0 heterocycles. The minimum atomic E-state index is -4.83. The minimum absolute atomic E-state index is 0.0655. The van der Waals surface area contributed by atoms with Crippen LogP contribution < -0.4 is 0 Å². The summed E-state index contributed by atoms with van der Waals surface area (Å²) in [5.74, 6) is 0. The van der Waals surface area contributed by atoms with Crippen molar-refractivity contribution in [1.29, 1.82) is 0 Å². The Kier molecular flexibility index (Phi) is 14.9. The van der Waals surface area contributed by atoms with E-state index >= 15 is 0 Å². The van der Waals surface area contributed by atoms with Gasteiger partial charge in [-0.25, -0.2) is 0 Å². The van der Waals surface area contributed by atoms with Crippen LogP contribution in [0.4, 0.5) is 0 Å². The zero-order valence-electron chi connectivity index (χ0n) is 20.5. The van der Waals surface area contributed by atoms with Gasteiger partial charge in [0, 0.05) is 19.8 Å². The van der Waals surface area contributed by atoms with Crippen molar-refractivity contribution >= 4 is 22.8 Å². The van der Waals surface area contributed by atoms with Crippen molar-refractivity contribution < 1.29 is 71.5 Å². The summed E-state index contributed by atoms with van der Waals surface area (Å²) >= 11 is 0. The van der Waals surface area contributed by atoms with Crippen molar-refractivity contribution in [3.63, 3.8) is 0 Å². The van der Waals surface area contributed by atoms with E-state index < -0.39 is 78.5 Å². The van der Waals surface area contributed by atoms with Crippen LogP contribution in [0.1, 0.15) is 40.0 Å². The zero-order chi connectivity index (χ0) is 27.6. The van der Waals surface area contributed by atoms with Crippen LogP contribution in [-0.2, 0) is 41.5 Å². The Bertz CT molecular complexity index is 737. The Morgan fingerprint density at radius 2 is 0.722 bits per heavy atom. The summed E-state index contributed by atoms with van der Waals surface area (Å²) < 4.78 is 70.4. The molecule has 0 radical (unpaired) electrons. The van der Waals surface area contributed by atoms with Crippen LogP contribution in [0.15, 0.2) is 0 Å². The van der Waals surface area contributed by atoms with E-state index in [0.29, 0.717) is 19.3 Å². The van der Waals surface area contributed by atoms with Gasteiger partial charge in [-0.15, -0.1) is 0 Å². The standard InChI is InChI=1S/C18H39O15P3/c1-4-7-28-13-14(29-8-5-2)16(31-34(22,23)10-19)18(33-36(26,27)12-21)17(15(13)30-9-6-3)32-35(24,25)11-20/h13-21H,4-12H2,1-3H3,(H,22,23)(H,24,25)(H,26,27)/t13-,14-,15+,16-,17-,18-/m0/s1. The fourth-order valence-corrected chi connectivity index (χ4v) is 5.54. The Labute approximate surface area is 210 Å². The third-order valence-corrected chi connectivity index (χ3v) is 7.67. The average Bonchev–Trinajstić information content (AvgIpc) is 2.83. The van der Waals surface area contributed by atoms with Crippen molar-refractivity contribution in [3.8, 4) is 0 Å². The molecule has 1 fully saturated rings. The first-order chi connectivity index (χ1) is 16.8. The summed E-state index contributed by atoms with van der Waals surface area (Å²) in [6.07, 6.45) is -12.0. The smallest absolute Gasteiger partial charge is 0.353 e. The van der Waals surface area contributed by atoms with Gasteiger partial charge in [-0.2, -0.15) is 0 Å². The summed E-state index contributed by atoms with van der Waals surface area (Å²) in [5, 5.41) is 28.0. The molecule has 0 amide bonds. The third kappa shape index (κ3) is 10.4. The van der Waals surface area contributed by atoms with Gasteiger partial charge in [-0.3, -0.25) is 27.3 Å². The first-order valence-electron chi connectivity index (χ1n) is 11.5. The van der Waals surface area contributed by atoms with Gasteiger partial charge in [0.2, 0.25) is 0 Å². The maximum Gasteiger partial charge on any atom is 0.353 e. The lowest BCUT2D eigenvalue weighted by Gasteiger charge is -2.49. The van der Waals surface area contributed by atoms with Gasteiger partial charge < -0.3 is 44.2 Å². The third-order valence-electron chi connectivity index (χ3n) is 4.88. The normalized spacial score (nSPS) is 31.9. The Morgan fingerprint density at radius 1 is 0.500 bits per heavy atom. The SMILES string of the molecule is CCCO[C@@H]1[C@@H](OCCC)[C@H](OP(=O)(O)CO)[C@@H](OP(=O)(O)CO)[C@@H](OP(=O)(O)CO)[C@H]1OCCC. The van der Waals surface area contributed by atoms with Crippen molar-refractivity contribution in [3.05, 3.63) is 0 Å². The lowest BCUT2D eigenvalue weighted by atomic mass is 9.84. The monoisotopic (exact) mass is 588 g/mol. The van der Waals surface area contributed by atoms with Gasteiger partial charge in [0.1, 0.15) is 55.7 Å². The molecule has 36 heavy (non-hydrogen) atoms. The molecule has 0 aromatic carbocycles. The van der Waals surface area contributed by atoms with Gasteiger partial charge in [-0.1, -0.05) is 20.8 Å². The van der Waals surface area contributed by atoms with Crippen LogP contribution >= 0.6 is 22.8 Å². The highest BCUT2D eigenvalue weighted by atomic mass is 31.2. The minimum Gasteiger partial charge on any atom is -0.384 e. The van der Waals surface area contributed by atoms with E-state index in [1.807, 2.05) is 0 Å². The second-order valence-electron chi connectivity index (χ2n) is 8.05. The second-order valence-corrected chi connectivity index (χ2v) is 13.4. The molecule has 18 heteroatoms. The van der Waals surface area contributed by atoms with E-state index in [4.69, 9.17) is 27.8 Å². The van der Waals surface area contributed by atoms with Crippen molar-refractivity contribution in [2.24, 2.45) is 0 Å². The first-order valence-corrected chi connectivity index (χ1v) is 16.8. The topological polar surface area (TPSA) is 228 Å². The Hall–Kier alpha value is 0.210. The molecule has 0 saturated heterocycles. The molecule has 15 nitrogen and oxygen atoms in total. The Morgan fingerprint density at radius 3 is 0.944 bits per heavy atom. The molecule has 6 N–H and O–H groups in total. The lowest BCUT2D eigenvalue weighted by Crippen LogP contribution is -2.67. The number of hydrogen-bond donors (Lipinski definition) is 6. The van der Waals surface area contributed by atoms with Crippen molar-refractivity contribution in [2.45, 2.75) is 76.7 Å². The van der Waals surface area contributed by atoms with E-state index in [0.717, 1.165) is 0 Å². The maximum absolute atomic E-state index is 12.4. The average molecular weight is 588 g/mol. The summed E-state index contributed by atoms with van der Waals surface area (Å²) in [7, 11) is -14.4. The highest BCUT2D eigenvalue weighted by Crippen LogP contribution is 2.53. The van der Waals surface area contributed by atoms with Gasteiger partial charge in [0.15, 0.2) is 0 Å². The predicted octanol–water partition coefficient (Wildman–Crippen LogP) is 0.947. The molecule has 0 aromatic rings. The molecule has 3 unspecified atom stereocenters. The molecule has 0 aliphatic heterocycles. The summed E-state index contributed by atoms with van der Waals surface area (Å²) in [4.78, 5) is 30.2. The molecule has 216 valence electrons. The molecule has 1 rings (SSSR count). The summed E-state index contributed by atoms with van der Waals surface area (Å²) in [6, 6.07) is 0. The molecule has 9 atom stereocenters. The van der Waals surface area contributed by atoms with Crippen molar-refractivity contribution in [1.82, 2.24) is 0 Å². The van der Waals surface area contributed by atoms with Gasteiger partial charge >= 0.3 is 22.8 Å². The van der Waals surface area contributed by atoms with Crippen LogP contribution in [0, 0.1) is 0 Å². The largest absolute Gasteiger partial charge is 0.384 e. The molecular formula is C18H39O15P3. The quantitative estimate of drug-likeness (QED) is 0.122. The number of rotatable bonds is 18. The fraction of sp³-hybridized carbons (Fsp3) is 1.00. The van der Waals surface area contributed by atoms with E-state index in [1.165, 1.54) is 0 Å². The molecule has 1 saturated carbocycles. The van der Waals surface area contributed by atoms with Crippen LogP contribution in [-0.4, -0.2) is 105 Å². The number of aliphatic hydroxyl groups is 3. The van der Waals surface area contributed by atoms with Gasteiger partial charge in [0.25, 0.3) is 0 Å².